The number of thioether (sulfide) groups is 1. The molecule has 0 saturated heterocycles. The molecule has 0 spiro atoms. The minimum Gasteiger partial charge on any atom is -0.325 e. The Morgan fingerprint density at radius 1 is 1.21 bits per heavy atom. The van der Waals surface area contributed by atoms with Gasteiger partial charge < -0.3 is 9.88 Å². The third-order valence-electron chi connectivity index (χ3n) is 7.06. The van der Waals surface area contributed by atoms with E-state index in [0.717, 1.165) is 35.2 Å². The maximum Gasteiger partial charge on any atom is 0.234 e. The fourth-order valence-corrected chi connectivity index (χ4v) is 7.28. The van der Waals surface area contributed by atoms with E-state index in [1.165, 1.54) is 50.3 Å². The Labute approximate surface area is 181 Å². The number of carbonyl (C=O) groups is 1. The molecule has 6 rings (SSSR count). The van der Waals surface area contributed by atoms with Gasteiger partial charge in [0.15, 0.2) is 5.16 Å². The van der Waals surface area contributed by atoms with Crippen molar-refractivity contribution in [1.29, 1.82) is 0 Å². The molecule has 0 aliphatic heterocycles. The Morgan fingerprint density at radius 2 is 1.90 bits per heavy atom. The molecule has 154 valence electrons. The second-order valence-electron chi connectivity index (χ2n) is 9.40. The fraction of sp³-hybridized carbons (Fsp3) is 0.591. The summed E-state index contributed by atoms with van der Waals surface area (Å²) in [5.41, 5.74) is 1.16. The highest BCUT2D eigenvalue weighted by Gasteiger charge is 2.51. The van der Waals surface area contributed by atoms with Gasteiger partial charge in [0.1, 0.15) is 5.82 Å². The van der Waals surface area contributed by atoms with Gasteiger partial charge in [-0.25, -0.2) is 0 Å². The van der Waals surface area contributed by atoms with Crippen LogP contribution < -0.4 is 5.32 Å². The number of amides is 1. The lowest BCUT2D eigenvalue weighted by Gasteiger charge is -2.56. The zero-order valence-corrected chi connectivity index (χ0v) is 18.3. The molecule has 0 unspecified atom stereocenters. The summed E-state index contributed by atoms with van der Waals surface area (Å²) in [5, 5.41) is 13.2. The van der Waals surface area contributed by atoms with E-state index in [9.17, 15) is 4.79 Å². The molecule has 0 atom stereocenters. The maximum atomic E-state index is 12.3. The van der Waals surface area contributed by atoms with Gasteiger partial charge in [-0.15, -0.1) is 10.2 Å². The van der Waals surface area contributed by atoms with Crippen molar-refractivity contribution in [2.45, 2.75) is 50.1 Å². The summed E-state index contributed by atoms with van der Waals surface area (Å²) < 4.78 is 2.09. The molecule has 4 aliphatic rings. The van der Waals surface area contributed by atoms with Crippen LogP contribution in [0, 0.1) is 23.2 Å². The molecular formula is C22H27ClN4OS. The van der Waals surface area contributed by atoms with E-state index in [1.54, 1.807) is 12.1 Å². The van der Waals surface area contributed by atoms with E-state index in [4.69, 9.17) is 11.6 Å². The second kappa shape index (κ2) is 7.62. The Kier molecular flexibility index (Phi) is 5.11. The van der Waals surface area contributed by atoms with Crippen molar-refractivity contribution in [1.82, 2.24) is 14.8 Å². The number of rotatable bonds is 6. The van der Waals surface area contributed by atoms with Crippen LogP contribution in [0.2, 0.25) is 5.02 Å². The zero-order chi connectivity index (χ0) is 20.0. The quantitative estimate of drug-likeness (QED) is 0.658. The number of carbonyl (C=O) groups excluding carboxylic acids is 1. The molecule has 0 radical (unpaired) electrons. The van der Waals surface area contributed by atoms with E-state index in [2.05, 4.69) is 20.1 Å². The van der Waals surface area contributed by atoms with Crippen LogP contribution in [0.5, 0.6) is 0 Å². The lowest BCUT2D eigenvalue weighted by molar-refractivity contribution is -0.113. The molecule has 1 amide bonds. The summed E-state index contributed by atoms with van der Waals surface area (Å²) in [4.78, 5) is 12.3. The molecule has 1 aromatic heterocycles. The Morgan fingerprint density at radius 3 is 2.55 bits per heavy atom. The van der Waals surface area contributed by atoms with Gasteiger partial charge in [0, 0.05) is 24.2 Å². The molecule has 1 aromatic carbocycles. The zero-order valence-electron chi connectivity index (χ0n) is 16.7. The summed E-state index contributed by atoms with van der Waals surface area (Å²) in [6.45, 7) is 0. The van der Waals surface area contributed by atoms with Crippen molar-refractivity contribution >= 4 is 35.0 Å². The highest BCUT2D eigenvalue weighted by molar-refractivity contribution is 7.99. The molecular weight excluding hydrogens is 404 g/mol. The van der Waals surface area contributed by atoms with E-state index < -0.39 is 0 Å². The second-order valence-corrected chi connectivity index (χ2v) is 10.8. The number of nitrogens with zero attached hydrogens (tertiary/aromatic N) is 3. The predicted octanol–water partition coefficient (Wildman–Crippen LogP) is 4.96. The van der Waals surface area contributed by atoms with Gasteiger partial charge in [-0.2, -0.15) is 0 Å². The molecule has 4 saturated carbocycles. The number of benzene rings is 1. The summed E-state index contributed by atoms with van der Waals surface area (Å²) >= 11 is 7.41. The minimum atomic E-state index is -0.0668. The van der Waals surface area contributed by atoms with Crippen LogP contribution in [0.4, 0.5) is 5.69 Å². The molecule has 29 heavy (non-hydrogen) atoms. The first-order chi connectivity index (χ1) is 14.0. The minimum absolute atomic E-state index is 0.0668. The largest absolute Gasteiger partial charge is 0.325 e. The van der Waals surface area contributed by atoms with Crippen molar-refractivity contribution in [2.75, 3.05) is 11.1 Å². The van der Waals surface area contributed by atoms with Gasteiger partial charge in [-0.1, -0.05) is 29.4 Å². The molecule has 5 nitrogen and oxygen atoms in total. The van der Waals surface area contributed by atoms with Crippen LogP contribution in [0.25, 0.3) is 0 Å². The summed E-state index contributed by atoms with van der Waals surface area (Å²) in [5.74, 6) is 4.14. The lowest BCUT2D eigenvalue weighted by Crippen LogP contribution is -2.47. The van der Waals surface area contributed by atoms with Crippen LogP contribution in [0.15, 0.2) is 29.4 Å². The van der Waals surface area contributed by atoms with Crippen molar-refractivity contribution in [3.05, 3.63) is 35.1 Å². The highest BCUT2D eigenvalue weighted by atomic mass is 35.5. The van der Waals surface area contributed by atoms with Crippen LogP contribution in [-0.4, -0.2) is 26.4 Å². The first kappa shape index (κ1) is 19.4. The monoisotopic (exact) mass is 430 g/mol. The van der Waals surface area contributed by atoms with Crippen LogP contribution in [-0.2, 0) is 18.3 Å². The first-order valence-electron chi connectivity index (χ1n) is 10.5. The lowest BCUT2D eigenvalue weighted by atomic mass is 9.49. The standard InChI is InChI=1S/C22H27ClN4OS/c1-27-19(12-22-9-14-5-15(10-22)7-16(6-14)11-22)25-26-21(27)29-13-20(28)24-18-4-2-3-17(23)8-18/h2-4,8,14-16H,5-7,9-13H2,1H3,(H,24,28). The Balaban J connectivity index is 1.21. The summed E-state index contributed by atoms with van der Waals surface area (Å²) in [7, 11) is 2.03. The average Bonchev–Trinajstić information content (AvgIpc) is 2.98. The van der Waals surface area contributed by atoms with Gasteiger partial charge in [0.25, 0.3) is 0 Å². The van der Waals surface area contributed by atoms with E-state index in [-0.39, 0.29) is 5.91 Å². The van der Waals surface area contributed by atoms with Crippen molar-refractivity contribution in [3.8, 4) is 0 Å². The highest BCUT2D eigenvalue weighted by Crippen LogP contribution is 2.60. The topological polar surface area (TPSA) is 59.8 Å². The molecule has 2 aromatic rings. The Hall–Kier alpha value is -1.53. The molecule has 7 heteroatoms. The van der Waals surface area contributed by atoms with Gasteiger partial charge in [0.05, 0.1) is 5.75 Å². The van der Waals surface area contributed by atoms with Crippen LogP contribution in [0.1, 0.15) is 44.3 Å². The molecule has 4 fully saturated rings. The Bertz CT molecular complexity index is 892. The molecule has 1 heterocycles. The van der Waals surface area contributed by atoms with Crippen LogP contribution >= 0.6 is 23.4 Å². The van der Waals surface area contributed by atoms with E-state index in [0.29, 0.717) is 21.9 Å². The predicted molar refractivity (Wildman–Crippen MR) is 116 cm³/mol. The van der Waals surface area contributed by atoms with Crippen LogP contribution in [0.3, 0.4) is 0 Å². The van der Waals surface area contributed by atoms with Gasteiger partial charge >= 0.3 is 0 Å². The molecule has 4 aliphatic carbocycles. The third kappa shape index (κ3) is 4.06. The number of hydrogen-bond acceptors (Lipinski definition) is 4. The smallest absolute Gasteiger partial charge is 0.234 e. The summed E-state index contributed by atoms with van der Waals surface area (Å²) in [6, 6.07) is 7.19. The number of halogens is 1. The van der Waals surface area contributed by atoms with E-state index in [1.807, 2.05) is 19.2 Å². The molecule has 4 bridgehead atoms. The summed E-state index contributed by atoms with van der Waals surface area (Å²) in [6.07, 6.45) is 9.53. The average molecular weight is 431 g/mol. The number of aromatic nitrogens is 3. The molecule has 1 N–H and O–H groups in total. The fourth-order valence-electron chi connectivity index (χ4n) is 6.36. The van der Waals surface area contributed by atoms with Gasteiger partial charge in [-0.05, 0) is 79.9 Å². The van der Waals surface area contributed by atoms with Crippen molar-refractivity contribution in [3.63, 3.8) is 0 Å². The normalized spacial score (nSPS) is 29.9. The maximum absolute atomic E-state index is 12.3. The SMILES string of the molecule is Cn1c(CC23CC4CC(CC(C4)C2)C3)nnc1SCC(=O)Nc1cccc(Cl)c1. The van der Waals surface area contributed by atoms with Gasteiger partial charge in [0.2, 0.25) is 5.91 Å². The first-order valence-corrected chi connectivity index (χ1v) is 11.9. The van der Waals surface area contributed by atoms with Crippen molar-refractivity contribution in [2.24, 2.45) is 30.2 Å². The van der Waals surface area contributed by atoms with Gasteiger partial charge in [-0.3, -0.25) is 4.79 Å². The number of nitrogens with one attached hydrogen (secondary N) is 1. The number of anilines is 1. The van der Waals surface area contributed by atoms with E-state index >= 15 is 0 Å². The third-order valence-corrected chi connectivity index (χ3v) is 8.32. The number of hydrogen-bond donors (Lipinski definition) is 1. The van der Waals surface area contributed by atoms with Crippen molar-refractivity contribution < 1.29 is 4.79 Å².